The zero-order chi connectivity index (χ0) is 9.97. The van der Waals surface area contributed by atoms with Gasteiger partial charge in [0.15, 0.2) is 0 Å². The van der Waals surface area contributed by atoms with Crippen molar-refractivity contribution in [2.24, 2.45) is 0 Å². The van der Waals surface area contributed by atoms with Gasteiger partial charge < -0.3 is 0 Å². The van der Waals surface area contributed by atoms with Crippen LogP contribution in [0.15, 0.2) is 34.4 Å². The van der Waals surface area contributed by atoms with Crippen LogP contribution >= 0.6 is 27.5 Å². The largest absolute Gasteiger partial charge is 0.287 e. The van der Waals surface area contributed by atoms with Gasteiger partial charge in [-0.05, 0) is 39.6 Å². The standard InChI is InChI=1S/C9H5BrN2OS/c10-7-2-1-3-11-8(7)9(13)6-4-12-14-5-6/h1-5H. The number of halogens is 1. The van der Waals surface area contributed by atoms with Gasteiger partial charge in [-0.1, -0.05) is 0 Å². The number of carbonyl (C=O) groups excluding carboxylic acids is 1. The Hall–Kier alpha value is -1.07. The van der Waals surface area contributed by atoms with E-state index < -0.39 is 0 Å². The lowest BCUT2D eigenvalue weighted by atomic mass is 10.2. The molecule has 0 saturated heterocycles. The molecule has 14 heavy (non-hydrogen) atoms. The van der Waals surface area contributed by atoms with Crippen molar-refractivity contribution in [1.82, 2.24) is 9.36 Å². The van der Waals surface area contributed by atoms with E-state index in [1.165, 1.54) is 11.5 Å². The van der Waals surface area contributed by atoms with E-state index in [0.717, 1.165) is 0 Å². The minimum atomic E-state index is -0.105. The third-order valence-electron chi connectivity index (χ3n) is 1.67. The molecule has 5 heteroatoms. The Balaban J connectivity index is 2.42. The van der Waals surface area contributed by atoms with Gasteiger partial charge in [-0.25, -0.2) is 4.37 Å². The minimum absolute atomic E-state index is 0.105. The van der Waals surface area contributed by atoms with Gasteiger partial charge >= 0.3 is 0 Å². The van der Waals surface area contributed by atoms with Gasteiger partial charge in [-0.2, -0.15) is 0 Å². The molecule has 0 atom stereocenters. The first-order valence-corrected chi connectivity index (χ1v) is 5.46. The van der Waals surface area contributed by atoms with Crippen molar-refractivity contribution in [2.45, 2.75) is 0 Å². The first-order chi connectivity index (χ1) is 6.79. The molecule has 0 fully saturated rings. The minimum Gasteiger partial charge on any atom is -0.287 e. The summed E-state index contributed by atoms with van der Waals surface area (Å²) in [5.41, 5.74) is 1.00. The second-order valence-corrected chi connectivity index (χ2v) is 4.09. The van der Waals surface area contributed by atoms with Crippen LogP contribution in [0.4, 0.5) is 0 Å². The predicted molar refractivity (Wildman–Crippen MR) is 57.5 cm³/mol. The number of hydrogen-bond donors (Lipinski definition) is 0. The molecule has 0 aromatic carbocycles. The van der Waals surface area contributed by atoms with Crippen LogP contribution in [0.3, 0.4) is 0 Å². The van der Waals surface area contributed by atoms with Crippen LogP contribution in [0.25, 0.3) is 0 Å². The maximum atomic E-state index is 11.8. The van der Waals surface area contributed by atoms with E-state index in [1.807, 2.05) is 0 Å². The first kappa shape index (κ1) is 9.48. The van der Waals surface area contributed by atoms with Gasteiger partial charge in [0, 0.05) is 16.0 Å². The number of carbonyl (C=O) groups is 1. The van der Waals surface area contributed by atoms with Crippen LogP contribution in [0.1, 0.15) is 16.1 Å². The summed E-state index contributed by atoms with van der Waals surface area (Å²) < 4.78 is 4.58. The van der Waals surface area contributed by atoms with Crippen LogP contribution in [0, 0.1) is 0 Å². The lowest BCUT2D eigenvalue weighted by Gasteiger charge is -1.98. The maximum Gasteiger partial charge on any atom is 0.214 e. The van der Waals surface area contributed by atoms with E-state index >= 15 is 0 Å². The summed E-state index contributed by atoms with van der Waals surface area (Å²) in [5, 5.41) is 1.71. The molecule has 0 unspecified atom stereocenters. The Labute approximate surface area is 93.1 Å². The second-order valence-electron chi connectivity index (χ2n) is 2.58. The molecule has 3 nitrogen and oxygen atoms in total. The summed E-state index contributed by atoms with van der Waals surface area (Å²) in [6, 6.07) is 3.56. The molecule has 0 aliphatic rings. The molecule has 0 N–H and O–H groups in total. The highest BCUT2D eigenvalue weighted by Gasteiger charge is 2.13. The highest BCUT2D eigenvalue weighted by molar-refractivity contribution is 9.10. The van der Waals surface area contributed by atoms with Gasteiger partial charge in [-0.15, -0.1) is 0 Å². The SMILES string of the molecule is O=C(c1cnsc1)c1ncccc1Br. The molecule has 0 bridgehead atoms. The number of nitrogens with zero attached hydrogens (tertiary/aromatic N) is 2. The number of hydrogen-bond acceptors (Lipinski definition) is 4. The van der Waals surface area contributed by atoms with Gasteiger partial charge in [-0.3, -0.25) is 9.78 Å². The highest BCUT2D eigenvalue weighted by Crippen LogP contribution is 2.17. The Bertz CT molecular complexity index is 456. The third-order valence-corrected chi connectivity index (χ3v) is 2.89. The molecule has 2 heterocycles. The summed E-state index contributed by atoms with van der Waals surface area (Å²) in [6.45, 7) is 0. The molecule has 70 valence electrons. The molecule has 0 aliphatic carbocycles. The van der Waals surface area contributed by atoms with Crippen molar-refractivity contribution in [3.05, 3.63) is 45.6 Å². The van der Waals surface area contributed by atoms with Crippen LogP contribution in [-0.4, -0.2) is 15.1 Å². The van der Waals surface area contributed by atoms with Crippen molar-refractivity contribution in [3.63, 3.8) is 0 Å². The topological polar surface area (TPSA) is 42.9 Å². The molecular formula is C9H5BrN2OS. The van der Waals surface area contributed by atoms with Gasteiger partial charge in [0.2, 0.25) is 5.78 Å². The average Bonchev–Trinajstić information content (AvgIpc) is 2.70. The van der Waals surface area contributed by atoms with Crippen molar-refractivity contribution < 1.29 is 4.79 Å². The number of ketones is 1. The molecule has 2 aromatic heterocycles. The number of aromatic nitrogens is 2. The Morgan fingerprint density at radius 1 is 1.50 bits per heavy atom. The van der Waals surface area contributed by atoms with Crippen molar-refractivity contribution in [3.8, 4) is 0 Å². The summed E-state index contributed by atoms with van der Waals surface area (Å²) in [4.78, 5) is 15.8. The molecule has 0 amide bonds. The number of rotatable bonds is 2. The highest BCUT2D eigenvalue weighted by atomic mass is 79.9. The average molecular weight is 269 g/mol. The summed E-state index contributed by atoms with van der Waals surface area (Å²) in [5.74, 6) is -0.105. The lowest BCUT2D eigenvalue weighted by molar-refractivity contribution is 0.103. The molecule has 0 aliphatic heterocycles. The molecule has 0 saturated carbocycles. The fraction of sp³-hybridized carbons (Fsp3) is 0. The Morgan fingerprint density at radius 3 is 3.00 bits per heavy atom. The van der Waals surface area contributed by atoms with E-state index in [2.05, 4.69) is 25.3 Å². The van der Waals surface area contributed by atoms with Crippen molar-refractivity contribution in [1.29, 1.82) is 0 Å². The van der Waals surface area contributed by atoms with E-state index in [0.29, 0.717) is 15.7 Å². The zero-order valence-corrected chi connectivity index (χ0v) is 9.38. The van der Waals surface area contributed by atoms with Crippen LogP contribution in [0.5, 0.6) is 0 Å². The molecule has 2 rings (SSSR count). The van der Waals surface area contributed by atoms with Crippen molar-refractivity contribution >= 4 is 33.2 Å². The van der Waals surface area contributed by atoms with Crippen LogP contribution < -0.4 is 0 Å². The van der Waals surface area contributed by atoms with Crippen LogP contribution in [-0.2, 0) is 0 Å². The third kappa shape index (κ3) is 1.73. The lowest BCUT2D eigenvalue weighted by Crippen LogP contribution is -2.03. The van der Waals surface area contributed by atoms with Crippen LogP contribution in [0.2, 0.25) is 0 Å². The first-order valence-electron chi connectivity index (χ1n) is 3.83. The molecule has 2 aromatic rings. The normalized spacial score (nSPS) is 10.1. The van der Waals surface area contributed by atoms with Gasteiger partial charge in [0.25, 0.3) is 0 Å². The van der Waals surface area contributed by atoms with Crippen molar-refractivity contribution in [2.75, 3.05) is 0 Å². The van der Waals surface area contributed by atoms with Gasteiger partial charge in [0.1, 0.15) is 5.69 Å². The fourth-order valence-electron chi connectivity index (χ4n) is 1.01. The molecule has 0 spiro atoms. The Kier molecular flexibility index (Phi) is 2.69. The molecule has 0 radical (unpaired) electrons. The second kappa shape index (κ2) is 3.98. The smallest absolute Gasteiger partial charge is 0.214 e. The monoisotopic (exact) mass is 268 g/mol. The maximum absolute atomic E-state index is 11.8. The molecular weight excluding hydrogens is 264 g/mol. The van der Waals surface area contributed by atoms with E-state index in [4.69, 9.17) is 0 Å². The fourth-order valence-corrected chi connectivity index (χ4v) is 1.96. The van der Waals surface area contributed by atoms with E-state index in [1.54, 1.807) is 29.9 Å². The summed E-state index contributed by atoms with van der Waals surface area (Å²) in [6.07, 6.45) is 3.14. The Morgan fingerprint density at radius 2 is 2.36 bits per heavy atom. The zero-order valence-electron chi connectivity index (χ0n) is 6.98. The summed E-state index contributed by atoms with van der Waals surface area (Å²) in [7, 11) is 0. The van der Waals surface area contributed by atoms with E-state index in [9.17, 15) is 4.79 Å². The predicted octanol–water partition coefficient (Wildman–Crippen LogP) is 2.53. The van der Waals surface area contributed by atoms with Gasteiger partial charge in [0.05, 0.1) is 11.8 Å². The quantitative estimate of drug-likeness (QED) is 0.787. The van der Waals surface area contributed by atoms with E-state index in [-0.39, 0.29) is 5.78 Å². The summed E-state index contributed by atoms with van der Waals surface area (Å²) >= 11 is 4.54. The number of pyridine rings is 1.